The summed E-state index contributed by atoms with van der Waals surface area (Å²) in [5, 5.41) is 5.89. The zero-order valence-electron chi connectivity index (χ0n) is 14.1. The van der Waals surface area contributed by atoms with Crippen molar-refractivity contribution in [3.8, 4) is 0 Å². The second-order valence-electron chi connectivity index (χ2n) is 6.23. The molecule has 1 aliphatic carbocycles. The smallest absolute Gasteiger partial charge is 0.259 e. The fraction of sp³-hybridized carbons (Fsp3) is 0.333. The summed E-state index contributed by atoms with van der Waals surface area (Å²) in [5.74, 6) is 0.408. The van der Waals surface area contributed by atoms with Gasteiger partial charge in [-0.15, -0.1) is 22.7 Å². The molecule has 0 bridgehead atoms. The monoisotopic (exact) mass is 386 g/mol. The molecule has 0 aliphatic heterocycles. The zero-order chi connectivity index (χ0) is 18.1. The molecule has 4 rings (SSSR count). The SMILES string of the molecule is C=Cc1csc(NC(=O)CCc2nc3sc4c(c3c(=O)[nH]2)CCCC4)n1. The average molecular weight is 387 g/mol. The molecule has 0 atom stereocenters. The Hall–Kier alpha value is -2.32. The van der Waals surface area contributed by atoms with Gasteiger partial charge in [-0.3, -0.25) is 9.59 Å². The molecule has 3 aromatic heterocycles. The molecule has 0 fully saturated rings. The molecule has 0 saturated heterocycles. The summed E-state index contributed by atoms with van der Waals surface area (Å²) in [7, 11) is 0. The van der Waals surface area contributed by atoms with E-state index in [-0.39, 0.29) is 17.9 Å². The van der Waals surface area contributed by atoms with Gasteiger partial charge in [0.25, 0.3) is 5.56 Å². The van der Waals surface area contributed by atoms with Crippen molar-refractivity contribution in [3.05, 3.63) is 44.3 Å². The molecule has 0 aromatic carbocycles. The lowest BCUT2D eigenvalue weighted by Crippen LogP contribution is -2.16. The van der Waals surface area contributed by atoms with Crippen LogP contribution in [0.3, 0.4) is 0 Å². The number of anilines is 1. The van der Waals surface area contributed by atoms with Crippen molar-refractivity contribution in [2.75, 3.05) is 5.32 Å². The van der Waals surface area contributed by atoms with Crippen LogP contribution in [0.15, 0.2) is 16.8 Å². The molecule has 0 unspecified atom stereocenters. The van der Waals surface area contributed by atoms with E-state index in [9.17, 15) is 9.59 Å². The Bertz CT molecular complexity index is 1050. The van der Waals surface area contributed by atoms with Gasteiger partial charge in [-0.25, -0.2) is 9.97 Å². The van der Waals surface area contributed by atoms with Gasteiger partial charge in [0.05, 0.1) is 11.1 Å². The van der Waals surface area contributed by atoms with Crippen molar-refractivity contribution >= 4 is 50.0 Å². The molecule has 8 heteroatoms. The Balaban J connectivity index is 1.48. The number of carbonyl (C=O) groups is 1. The Labute approximate surface area is 158 Å². The number of amides is 1. The fourth-order valence-electron chi connectivity index (χ4n) is 3.18. The normalized spacial score (nSPS) is 13.5. The van der Waals surface area contributed by atoms with Crippen LogP contribution in [0, 0.1) is 0 Å². The highest BCUT2D eigenvalue weighted by molar-refractivity contribution is 7.18. The summed E-state index contributed by atoms with van der Waals surface area (Å²) < 4.78 is 0. The number of aromatic nitrogens is 3. The Morgan fingerprint density at radius 1 is 1.35 bits per heavy atom. The molecule has 1 aliphatic rings. The highest BCUT2D eigenvalue weighted by atomic mass is 32.1. The summed E-state index contributed by atoms with van der Waals surface area (Å²) in [6.07, 6.45) is 6.56. The molecule has 2 N–H and O–H groups in total. The second kappa shape index (κ2) is 7.13. The van der Waals surface area contributed by atoms with Crippen LogP contribution in [0.25, 0.3) is 16.3 Å². The molecule has 0 radical (unpaired) electrons. The molecule has 0 spiro atoms. The van der Waals surface area contributed by atoms with Gasteiger partial charge < -0.3 is 10.3 Å². The van der Waals surface area contributed by atoms with Crippen molar-refractivity contribution in [2.45, 2.75) is 38.5 Å². The van der Waals surface area contributed by atoms with E-state index < -0.39 is 0 Å². The molecule has 134 valence electrons. The number of rotatable bonds is 5. The van der Waals surface area contributed by atoms with E-state index in [0.717, 1.165) is 35.2 Å². The predicted octanol–water partition coefficient (Wildman–Crippen LogP) is 3.53. The summed E-state index contributed by atoms with van der Waals surface area (Å²) >= 11 is 2.98. The molecule has 3 heterocycles. The van der Waals surface area contributed by atoms with Crippen LogP contribution in [0.2, 0.25) is 0 Å². The van der Waals surface area contributed by atoms with Crippen LogP contribution in [0.1, 0.15) is 41.2 Å². The van der Waals surface area contributed by atoms with Crippen molar-refractivity contribution in [1.82, 2.24) is 15.0 Å². The maximum Gasteiger partial charge on any atom is 0.259 e. The van der Waals surface area contributed by atoms with E-state index in [4.69, 9.17) is 0 Å². The number of nitrogens with one attached hydrogen (secondary N) is 2. The Kier molecular flexibility index (Phi) is 4.69. The number of hydrogen-bond acceptors (Lipinski definition) is 6. The molecular weight excluding hydrogens is 368 g/mol. The minimum atomic E-state index is -0.150. The van der Waals surface area contributed by atoms with Gasteiger partial charge >= 0.3 is 0 Å². The van der Waals surface area contributed by atoms with Gasteiger partial charge in [0, 0.05) is 23.1 Å². The third-order valence-corrected chi connectivity index (χ3v) is 6.40. The third-order valence-electron chi connectivity index (χ3n) is 4.44. The average Bonchev–Trinajstić information content (AvgIpc) is 3.23. The van der Waals surface area contributed by atoms with Crippen LogP contribution >= 0.6 is 22.7 Å². The predicted molar refractivity (Wildman–Crippen MR) is 106 cm³/mol. The highest BCUT2D eigenvalue weighted by Crippen LogP contribution is 2.33. The lowest BCUT2D eigenvalue weighted by molar-refractivity contribution is -0.116. The van der Waals surface area contributed by atoms with Crippen LogP contribution < -0.4 is 10.9 Å². The summed E-state index contributed by atoms with van der Waals surface area (Å²) in [6, 6.07) is 0. The first-order valence-corrected chi connectivity index (χ1v) is 10.2. The first kappa shape index (κ1) is 17.1. The van der Waals surface area contributed by atoms with Gasteiger partial charge in [-0.2, -0.15) is 0 Å². The molecule has 3 aromatic rings. The molecule has 1 amide bonds. The number of aromatic amines is 1. The summed E-state index contributed by atoms with van der Waals surface area (Å²) in [6.45, 7) is 3.65. The minimum Gasteiger partial charge on any atom is -0.310 e. The number of nitrogens with zero attached hydrogens (tertiary/aromatic N) is 2. The molecule has 6 nitrogen and oxygen atoms in total. The maximum absolute atomic E-state index is 12.5. The Morgan fingerprint density at radius 3 is 3.00 bits per heavy atom. The van der Waals surface area contributed by atoms with Crippen LogP contribution in [-0.2, 0) is 24.1 Å². The number of thiazole rings is 1. The fourth-order valence-corrected chi connectivity index (χ4v) is 5.17. The van der Waals surface area contributed by atoms with E-state index in [0.29, 0.717) is 17.4 Å². The van der Waals surface area contributed by atoms with E-state index >= 15 is 0 Å². The Morgan fingerprint density at radius 2 is 2.19 bits per heavy atom. The van der Waals surface area contributed by atoms with Crippen molar-refractivity contribution < 1.29 is 4.79 Å². The standard InChI is InChI=1S/C18H18N4O2S2/c1-2-10-9-25-18(19-10)22-14(23)8-7-13-20-16(24)15-11-5-3-4-6-12(11)26-17(15)21-13/h2,9H,1,3-8H2,(H,19,22,23)(H,20,21,24). The van der Waals surface area contributed by atoms with Gasteiger partial charge in [0.1, 0.15) is 10.7 Å². The van der Waals surface area contributed by atoms with Crippen LogP contribution in [-0.4, -0.2) is 20.9 Å². The maximum atomic E-state index is 12.5. The quantitative estimate of drug-likeness (QED) is 0.702. The second-order valence-corrected chi connectivity index (χ2v) is 8.18. The summed E-state index contributed by atoms with van der Waals surface area (Å²) in [5.41, 5.74) is 1.83. The molecule has 26 heavy (non-hydrogen) atoms. The zero-order valence-corrected chi connectivity index (χ0v) is 15.8. The van der Waals surface area contributed by atoms with E-state index in [1.165, 1.54) is 28.2 Å². The van der Waals surface area contributed by atoms with Crippen molar-refractivity contribution in [1.29, 1.82) is 0 Å². The van der Waals surface area contributed by atoms with Crippen molar-refractivity contribution in [3.63, 3.8) is 0 Å². The number of carbonyl (C=O) groups excluding carboxylic acids is 1. The number of thiophene rings is 1. The number of hydrogen-bond donors (Lipinski definition) is 2. The number of aryl methyl sites for hydroxylation is 3. The van der Waals surface area contributed by atoms with Gasteiger partial charge in [0.2, 0.25) is 5.91 Å². The molecular formula is C18H18N4O2S2. The van der Waals surface area contributed by atoms with Gasteiger partial charge in [0.15, 0.2) is 5.13 Å². The number of fused-ring (bicyclic) bond motifs is 3. The first-order valence-electron chi connectivity index (χ1n) is 8.55. The van der Waals surface area contributed by atoms with Gasteiger partial charge in [-0.05, 0) is 37.3 Å². The largest absolute Gasteiger partial charge is 0.310 e. The topological polar surface area (TPSA) is 87.7 Å². The minimum absolute atomic E-state index is 0.0830. The third kappa shape index (κ3) is 3.34. The van der Waals surface area contributed by atoms with Crippen LogP contribution in [0.5, 0.6) is 0 Å². The van der Waals surface area contributed by atoms with E-state index in [2.05, 4.69) is 26.8 Å². The van der Waals surface area contributed by atoms with Crippen molar-refractivity contribution in [2.24, 2.45) is 0 Å². The lowest BCUT2D eigenvalue weighted by Gasteiger charge is -2.09. The first-order chi connectivity index (χ1) is 12.6. The van der Waals surface area contributed by atoms with Gasteiger partial charge in [-0.1, -0.05) is 6.58 Å². The van der Waals surface area contributed by atoms with Crippen LogP contribution in [0.4, 0.5) is 5.13 Å². The number of H-pyrrole nitrogens is 1. The lowest BCUT2D eigenvalue weighted by atomic mass is 9.97. The summed E-state index contributed by atoms with van der Waals surface area (Å²) in [4.78, 5) is 38.4. The van der Waals surface area contributed by atoms with E-state index in [1.807, 2.05) is 5.38 Å². The highest BCUT2D eigenvalue weighted by Gasteiger charge is 2.19. The molecule has 0 saturated carbocycles. The van der Waals surface area contributed by atoms with E-state index in [1.54, 1.807) is 17.4 Å².